The molecule has 5 heteroatoms. The van der Waals surface area contributed by atoms with E-state index >= 15 is 0 Å². The van der Waals surface area contributed by atoms with Crippen LogP contribution in [-0.4, -0.2) is 34.1 Å². The molecule has 0 aliphatic carbocycles. The fraction of sp³-hybridized carbons (Fsp3) is 0.500. The third-order valence-electron chi connectivity index (χ3n) is 4.63. The fourth-order valence-corrected chi connectivity index (χ4v) is 4.00. The van der Waals surface area contributed by atoms with Gasteiger partial charge in [0.1, 0.15) is 5.82 Å². The van der Waals surface area contributed by atoms with Gasteiger partial charge in [-0.1, -0.05) is 0 Å². The molecular formula is C14H16FN3S. The molecule has 0 saturated carbocycles. The van der Waals surface area contributed by atoms with E-state index in [-0.39, 0.29) is 5.82 Å². The van der Waals surface area contributed by atoms with Crippen LogP contribution in [0.2, 0.25) is 0 Å². The van der Waals surface area contributed by atoms with Gasteiger partial charge in [-0.15, -0.1) is 0 Å². The average Bonchev–Trinajstić information content (AvgIpc) is 2.75. The average molecular weight is 277 g/mol. The molecule has 3 nitrogen and oxygen atoms in total. The Morgan fingerprint density at radius 1 is 1.26 bits per heavy atom. The number of aromatic amines is 1. The lowest BCUT2D eigenvalue weighted by molar-refractivity contribution is 0.0582. The predicted octanol–water partition coefficient (Wildman–Crippen LogP) is 3.10. The van der Waals surface area contributed by atoms with Crippen molar-refractivity contribution in [3.63, 3.8) is 0 Å². The van der Waals surface area contributed by atoms with Gasteiger partial charge in [0.25, 0.3) is 0 Å². The van der Waals surface area contributed by atoms with Crippen molar-refractivity contribution in [2.24, 2.45) is 5.92 Å². The third kappa shape index (κ3) is 1.75. The molecule has 4 heterocycles. The van der Waals surface area contributed by atoms with E-state index in [1.165, 1.54) is 38.1 Å². The molecule has 2 bridgehead atoms. The Kier molecular flexibility index (Phi) is 2.53. The first-order valence-electron chi connectivity index (χ1n) is 6.84. The summed E-state index contributed by atoms with van der Waals surface area (Å²) in [5, 5.41) is 0. The van der Waals surface area contributed by atoms with Gasteiger partial charge in [-0.3, -0.25) is 0 Å². The van der Waals surface area contributed by atoms with Crippen molar-refractivity contribution < 1.29 is 4.39 Å². The number of aromatic nitrogens is 2. The highest BCUT2D eigenvalue weighted by Crippen LogP contribution is 2.37. The van der Waals surface area contributed by atoms with E-state index in [0.29, 0.717) is 12.0 Å². The molecule has 0 amide bonds. The topological polar surface area (TPSA) is 24.0 Å². The van der Waals surface area contributed by atoms with Gasteiger partial charge in [0.15, 0.2) is 4.77 Å². The molecule has 100 valence electrons. The smallest absolute Gasteiger partial charge is 0.178 e. The lowest BCUT2D eigenvalue weighted by atomic mass is 9.84. The maximum absolute atomic E-state index is 13.3. The van der Waals surface area contributed by atoms with Gasteiger partial charge in [-0.05, 0) is 62.3 Å². The van der Waals surface area contributed by atoms with Gasteiger partial charge < -0.3 is 14.5 Å². The third-order valence-corrected chi connectivity index (χ3v) is 4.93. The molecule has 1 atom stereocenters. The fourth-order valence-electron chi connectivity index (χ4n) is 3.66. The number of nitrogens with zero attached hydrogens (tertiary/aromatic N) is 2. The van der Waals surface area contributed by atoms with Crippen LogP contribution in [0.1, 0.15) is 18.9 Å². The minimum atomic E-state index is -0.218. The summed E-state index contributed by atoms with van der Waals surface area (Å²) in [5.74, 6) is 0.491. The van der Waals surface area contributed by atoms with Crippen molar-refractivity contribution in [2.45, 2.75) is 18.9 Å². The van der Waals surface area contributed by atoms with E-state index in [1.54, 1.807) is 0 Å². The van der Waals surface area contributed by atoms with Crippen molar-refractivity contribution in [3.05, 3.63) is 28.8 Å². The second-order valence-electron chi connectivity index (χ2n) is 5.67. The summed E-state index contributed by atoms with van der Waals surface area (Å²) in [7, 11) is 0. The first kappa shape index (κ1) is 11.6. The normalized spacial score (nSPS) is 30.1. The van der Waals surface area contributed by atoms with Crippen LogP contribution in [0.4, 0.5) is 4.39 Å². The van der Waals surface area contributed by atoms with Crippen molar-refractivity contribution in [1.82, 2.24) is 14.5 Å². The molecule has 1 N–H and O–H groups in total. The minimum Gasteiger partial charge on any atom is -0.330 e. The summed E-state index contributed by atoms with van der Waals surface area (Å²) in [6.07, 6.45) is 2.50. The summed E-state index contributed by atoms with van der Waals surface area (Å²) in [4.78, 5) is 5.65. The Balaban J connectivity index is 1.87. The van der Waals surface area contributed by atoms with Crippen molar-refractivity contribution in [2.75, 3.05) is 19.6 Å². The molecule has 0 spiro atoms. The minimum absolute atomic E-state index is 0.218. The van der Waals surface area contributed by atoms with E-state index in [4.69, 9.17) is 12.2 Å². The van der Waals surface area contributed by atoms with Gasteiger partial charge in [0.05, 0.1) is 17.1 Å². The summed E-state index contributed by atoms with van der Waals surface area (Å²) in [6.45, 7) is 3.50. The molecule has 19 heavy (non-hydrogen) atoms. The molecule has 3 aliphatic heterocycles. The monoisotopic (exact) mass is 277 g/mol. The number of rotatable bonds is 1. The highest BCUT2D eigenvalue weighted by Gasteiger charge is 2.36. The molecule has 1 unspecified atom stereocenters. The van der Waals surface area contributed by atoms with Gasteiger partial charge in [0.2, 0.25) is 0 Å². The maximum atomic E-state index is 13.3. The Labute approximate surface area is 116 Å². The van der Waals surface area contributed by atoms with Crippen LogP contribution in [0.15, 0.2) is 18.2 Å². The Morgan fingerprint density at radius 3 is 2.74 bits per heavy atom. The molecule has 5 rings (SSSR count). The van der Waals surface area contributed by atoms with Gasteiger partial charge in [-0.25, -0.2) is 4.39 Å². The summed E-state index contributed by atoms with van der Waals surface area (Å²) in [6, 6.07) is 5.33. The second kappa shape index (κ2) is 4.15. The number of imidazole rings is 1. The van der Waals surface area contributed by atoms with Gasteiger partial charge >= 0.3 is 0 Å². The molecular weight excluding hydrogens is 261 g/mol. The van der Waals surface area contributed by atoms with Crippen LogP contribution < -0.4 is 0 Å². The van der Waals surface area contributed by atoms with Crippen LogP contribution in [0.5, 0.6) is 0 Å². The number of fused-ring (bicyclic) bond motifs is 4. The number of nitrogens with one attached hydrogen (secondary N) is 1. The Hall–Kier alpha value is -1.20. The van der Waals surface area contributed by atoms with Gasteiger partial charge in [-0.2, -0.15) is 0 Å². The van der Waals surface area contributed by atoms with E-state index in [1.807, 2.05) is 6.07 Å². The van der Waals surface area contributed by atoms with Crippen LogP contribution in [-0.2, 0) is 0 Å². The highest BCUT2D eigenvalue weighted by molar-refractivity contribution is 7.71. The number of hydrogen-bond donors (Lipinski definition) is 1. The molecule has 3 saturated heterocycles. The number of hydrogen-bond acceptors (Lipinski definition) is 2. The number of halogens is 1. The summed E-state index contributed by atoms with van der Waals surface area (Å²) >= 11 is 5.46. The standard InChI is InChI=1S/C14H16FN3S/c15-10-1-2-12-11(7-10)16-14(19)18(12)13-8-17-5-3-9(13)4-6-17/h1-2,7,9,13H,3-6,8H2,(H,16,19). The SMILES string of the molecule is Fc1ccc2c(c1)[nH]c(=S)n2C1CN2CCC1CC2. The quantitative estimate of drug-likeness (QED) is 0.810. The van der Waals surface area contributed by atoms with Crippen LogP contribution in [0, 0.1) is 16.5 Å². The molecule has 3 fully saturated rings. The van der Waals surface area contributed by atoms with Crippen LogP contribution >= 0.6 is 12.2 Å². The first-order valence-corrected chi connectivity index (χ1v) is 7.25. The molecule has 1 aromatic heterocycles. The zero-order chi connectivity index (χ0) is 13.0. The zero-order valence-corrected chi connectivity index (χ0v) is 11.4. The molecule has 2 aromatic rings. The van der Waals surface area contributed by atoms with E-state index in [0.717, 1.165) is 22.3 Å². The lowest BCUT2D eigenvalue weighted by Gasteiger charge is -2.45. The molecule has 0 radical (unpaired) electrons. The summed E-state index contributed by atoms with van der Waals surface area (Å²) < 4.78 is 16.2. The van der Waals surface area contributed by atoms with Crippen LogP contribution in [0.25, 0.3) is 11.0 Å². The highest BCUT2D eigenvalue weighted by atomic mass is 32.1. The first-order chi connectivity index (χ1) is 9.22. The maximum Gasteiger partial charge on any atom is 0.178 e. The van der Waals surface area contributed by atoms with Crippen LogP contribution in [0.3, 0.4) is 0 Å². The lowest BCUT2D eigenvalue weighted by Crippen LogP contribution is -2.48. The predicted molar refractivity (Wildman–Crippen MR) is 75.3 cm³/mol. The van der Waals surface area contributed by atoms with Crippen molar-refractivity contribution >= 4 is 23.3 Å². The number of piperidine rings is 3. The zero-order valence-electron chi connectivity index (χ0n) is 10.6. The summed E-state index contributed by atoms with van der Waals surface area (Å²) in [5.41, 5.74) is 1.84. The Bertz CT molecular complexity index is 682. The van der Waals surface area contributed by atoms with E-state index in [9.17, 15) is 4.39 Å². The molecule has 1 aromatic carbocycles. The largest absolute Gasteiger partial charge is 0.330 e. The molecule has 3 aliphatic rings. The van der Waals surface area contributed by atoms with Crippen molar-refractivity contribution in [3.8, 4) is 0 Å². The van der Waals surface area contributed by atoms with E-state index in [2.05, 4.69) is 14.5 Å². The van der Waals surface area contributed by atoms with Gasteiger partial charge in [0, 0.05) is 6.54 Å². The number of H-pyrrole nitrogens is 1. The second-order valence-corrected chi connectivity index (χ2v) is 6.05. The van der Waals surface area contributed by atoms with E-state index < -0.39 is 0 Å². The van der Waals surface area contributed by atoms with Crippen molar-refractivity contribution in [1.29, 1.82) is 0 Å². The Morgan fingerprint density at radius 2 is 2.05 bits per heavy atom. The number of benzene rings is 1.